The Balaban J connectivity index is 1.58. The van der Waals surface area contributed by atoms with Gasteiger partial charge < -0.3 is 4.84 Å². The average Bonchev–Trinajstić information content (AvgIpc) is 2.60. The highest BCUT2D eigenvalue weighted by Crippen LogP contribution is 2.14. The number of unbranched alkanes of at least 4 members (excludes halogenated alkanes) is 2. The summed E-state index contributed by atoms with van der Waals surface area (Å²) in [4.78, 5) is 28.8. The highest BCUT2D eigenvalue weighted by atomic mass is 32.2. The lowest BCUT2D eigenvalue weighted by Gasteiger charge is -2.06. The van der Waals surface area contributed by atoms with E-state index in [4.69, 9.17) is 17.1 Å². The van der Waals surface area contributed by atoms with Gasteiger partial charge in [-0.1, -0.05) is 66.8 Å². The molecule has 0 unspecified atom stereocenters. The molecule has 6 heteroatoms. The van der Waals surface area contributed by atoms with Crippen LogP contribution in [0.3, 0.4) is 0 Å². The van der Waals surface area contributed by atoms with E-state index in [1.54, 1.807) is 24.4 Å². The minimum atomic E-state index is -0.301. The van der Waals surface area contributed by atoms with E-state index in [-0.39, 0.29) is 11.1 Å². The van der Waals surface area contributed by atoms with Crippen LogP contribution in [0.5, 0.6) is 0 Å². The molecule has 0 saturated carbocycles. The van der Waals surface area contributed by atoms with Crippen LogP contribution in [-0.2, 0) is 4.79 Å². The van der Waals surface area contributed by atoms with Gasteiger partial charge in [-0.15, -0.1) is 0 Å². The van der Waals surface area contributed by atoms with Crippen LogP contribution in [0.1, 0.15) is 36.0 Å². The third-order valence-electron chi connectivity index (χ3n) is 3.26. The average molecular weight is 361 g/mol. The summed E-state index contributed by atoms with van der Waals surface area (Å²) < 4.78 is 1.76. The summed E-state index contributed by atoms with van der Waals surface area (Å²) in [6.07, 6.45) is 4.46. The molecule has 0 amide bonds. The molecular weight excluding hydrogens is 342 g/mol. The van der Waals surface area contributed by atoms with Crippen molar-refractivity contribution in [1.82, 2.24) is 4.73 Å². The van der Waals surface area contributed by atoms with Crippen LogP contribution in [0.15, 0.2) is 54.7 Å². The highest BCUT2D eigenvalue weighted by Gasteiger charge is 2.07. The number of nitrogens with zero attached hydrogens (tertiary/aromatic N) is 1. The van der Waals surface area contributed by atoms with Crippen LogP contribution in [0.4, 0.5) is 0 Å². The molecule has 2 rings (SSSR count). The zero-order valence-electron chi connectivity index (χ0n) is 13.2. The topological polar surface area (TPSA) is 48.3 Å². The molecule has 0 aliphatic carbocycles. The molecule has 0 atom stereocenters. The van der Waals surface area contributed by atoms with Crippen LogP contribution in [0.2, 0.25) is 0 Å². The largest absolute Gasteiger partial charge is 0.336 e. The number of pyridine rings is 1. The number of hydrogen-bond donors (Lipinski definition) is 0. The summed E-state index contributed by atoms with van der Waals surface area (Å²) in [5.74, 6) is 0.456. The standard InChI is InChI=1S/C18H19NO3S2/c20-17(22-19-13-7-6-11-16(19)23)12-5-2-8-14-24-18(21)15-9-3-1-4-10-15/h1,3-4,6-7,9-11,13H,2,5,8,12,14H2. The number of benzene rings is 1. The maximum Gasteiger partial charge on any atom is 0.332 e. The van der Waals surface area contributed by atoms with Gasteiger partial charge in [-0.25, -0.2) is 4.79 Å². The van der Waals surface area contributed by atoms with Crippen molar-refractivity contribution in [2.24, 2.45) is 0 Å². The molecule has 0 N–H and O–H groups in total. The second-order valence-corrected chi connectivity index (χ2v) is 6.63. The van der Waals surface area contributed by atoms with Crippen LogP contribution in [0, 0.1) is 4.64 Å². The molecule has 0 radical (unpaired) electrons. The van der Waals surface area contributed by atoms with Crippen molar-refractivity contribution in [3.05, 3.63) is 64.9 Å². The third-order valence-corrected chi connectivity index (χ3v) is 4.56. The van der Waals surface area contributed by atoms with Crippen LogP contribution in [0.25, 0.3) is 0 Å². The zero-order valence-corrected chi connectivity index (χ0v) is 14.9. The fraction of sp³-hybridized carbons (Fsp3) is 0.278. The molecule has 0 fully saturated rings. The summed E-state index contributed by atoms with van der Waals surface area (Å²) in [5.41, 5.74) is 0.727. The number of aromatic nitrogens is 1. The van der Waals surface area contributed by atoms with Gasteiger partial charge in [0.2, 0.25) is 5.12 Å². The van der Waals surface area contributed by atoms with Gasteiger partial charge in [-0.05, 0) is 25.0 Å². The molecule has 126 valence electrons. The monoisotopic (exact) mass is 361 g/mol. The van der Waals surface area contributed by atoms with Crippen molar-refractivity contribution in [1.29, 1.82) is 0 Å². The molecule has 4 nitrogen and oxygen atoms in total. The molecule has 0 saturated heterocycles. The van der Waals surface area contributed by atoms with Crippen molar-refractivity contribution in [3.8, 4) is 0 Å². The van der Waals surface area contributed by atoms with Gasteiger partial charge in [0.1, 0.15) is 4.64 Å². The van der Waals surface area contributed by atoms with Crippen LogP contribution >= 0.6 is 24.0 Å². The van der Waals surface area contributed by atoms with Crippen LogP contribution in [-0.4, -0.2) is 21.6 Å². The van der Waals surface area contributed by atoms with E-state index in [1.165, 1.54) is 16.5 Å². The number of carbonyl (C=O) groups is 2. The first kappa shape index (κ1) is 18.4. The summed E-state index contributed by atoms with van der Waals surface area (Å²) in [7, 11) is 0. The Morgan fingerprint density at radius 1 is 1.00 bits per heavy atom. The molecule has 0 spiro atoms. The second-order valence-electron chi connectivity index (χ2n) is 5.14. The van der Waals surface area contributed by atoms with Crippen molar-refractivity contribution in [2.75, 3.05) is 5.75 Å². The van der Waals surface area contributed by atoms with E-state index >= 15 is 0 Å². The minimum absolute atomic E-state index is 0.0912. The first-order valence-electron chi connectivity index (χ1n) is 7.78. The van der Waals surface area contributed by atoms with E-state index in [2.05, 4.69) is 0 Å². The van der Waals surface area contributed by atoms with Gasteiger partial charge in [-0.2, -0.15) is 4.73 Å². The van der Waals surface area contributed by atoms with E-state index < -0.39 is 0 Å². The summed E-state index contributed by atoms with van der Waals surface area (Å²) in [5, 5.41) is 0.0912. The highest BCUT2D eigenvalue weighted by molar-refractivity contribution is 8.14. The van der Waals surface area contributed by atoms with E-state index in [0.717, 1.165) is 30.6 Å². The predicted octanol–water partition coefficient (Wildman–Crippen LogP) is 4.31. The summed E-state index contributed by atoms with van der Waals surface area (Å²) in [6, 6.07) is 14.5. The minimum Gasteiger partial charge on any atom is -0.336 e. The van der Waals surface area contributed by atoms with Gasteiger partial charge >= 0.3 is 5.97 Å². The Bertz CT molecular complexity index is 728. The van der Waals surface area contributed by atoms with Gasteiger partial charge in [-0.3, -0.25) is 4.79 Å². The van der Waals surface area contributed by atoms with Crippen molar-refractivity contribution >= 4 is 35.1 Å². The molecule has 24 heavy (non-hydrogen) atoms. The SMILES string of the molecule is O=C(CCCCCSC(=O)c1ccccc1)On1ccccc1=S. The molecule has 1 heterocycles. The maximum absolute atomic E-state index is 11.9. The molecule has 1 aromatic heterocycles. The number of carbonyl (C=O) groups excluding carboxylic acids is 2. The van der Waals surface area contributed by atoms with Gasteiger partial charge in [0.25, 0.3) is 0 Å². The quantitative estimate of drug-likeness (QED) is 0.518. The van der Waals surface area contributed by atoms with Crippen LogP contribution < -0.4 is 4.84 Å². The predicted molar refractivity (Wildman–Crippen MR) is 98.6 cm³/mol. The number of rotatable bonds is 8. The molecule has 2 aromatic rings. The van der Waals surface area contributed by atoms with Gasteiger partial charge in [0.15, 0.2) is 0 Å². The third kappa shape index (κ3) is 6.29. The van der Waals surface area contributed by atoms with Crippen molar-refractivity contribution < 1.29 is 14.4 Å². The molecule has 0 aliphatic heterocycles. The Labute approximate surface area is 150 Å². The van der Waals surface area contributed by atoms with Crippen molar-refractivity contribution in [3.63, 3.8) is 0 Å². The Morgan fingerprint density at radius 2 is 1.75 bits per heavy atom. The van der Waals surface area contributed by atoms with Crippen molar-refractivity contribution in [2.45, 2.75) is 25.7 Å². The first-order valence-corrected chi connectivity index (χ1v) is 9.17. The lowest BCUT2D eigenvalue weighted by atomic mass is 10.2. The lowest BCUT2D eigenvalue weighted by molar-refractivity contribution is -0.144. The van der Waals surface area contributed by atoms with Gasteiger partial charge in [0, 0.05) is 23.9 Å². The van der Waals surface area contributed by atoms with E-state index in [0.29, 0.717) is 11.1 Å². The maximum atomic E-state index is 11.9. The fourth-order valence-corrected chi connectivity index (χ4v) is 3.03. The fourth-order valence-electron chi connectivity index (χ4n) is 2.01. The lowest BCUT2D eigenvalue weighted by Crippen LogP contribution is -2.19. The Morgan fingerprint density at radius 3 is 2.50 bits per heavy atom. The Kier molecular flexibility index (Phi) is 7.71. The molecule has 0 bridgehead atoms. The zero-order chi connectivity index (χ0) is 17.2. The first-order chi connectivity index (χ1) is 11.7. The summed E-state index contributed by atoms with van der Waals surface area (Å²) in [6.45, 7) is 0. The Hall–Kier alpha value is -1.92. The number of hydrogen-bond acceptors (Lipinski definition) is 5. The smallest absolute Gasteiger partial charge is 0.332 e. The molecule has 1 aromatic carbocycles. The summed E-state index contributed by atoms with van der Waals surface area (Å²) >= 11 is 6.38. The normalized spacial score (nSPS) is 10.3. The van der Waals surface area contributed by atoms with Gasteiger partial charge in [0.05, 0.1) is 0 Å². The number of thioether (sulfide) groups is 1. The molecular formula is C18H19NO3S2. The molecule has 0 aliphatic rings. The van der Waals surface area contributed by atoms with E-state index in [1.807, 2.05) is 30.3 Å². The second kappa shape index (κ2) is 10.1. The van der Waals surface area contributed by atoms with E-state index in [9.17, 15) is 9.59 Å².